The Labute approximate surface area is 192 Å². The van der Waals surface area contributed by atoms with Crippen molar-refractivity contribution >= 4 is 29.3 Å². The Morgan fingerprint density at radius 2 is 1.33 bits per heavy atom. The molecule has 3 aromatic carbocycles. The normalized spacial score (nSPS) is 12.1. The summed E-state index contributed by atoms with van der Waals surface area (Å²) in [6.45, 7) is -0.413. The second kappa shape index (κ2) is 10.5. The van der Waals surface area contributed by atoms with E-state index in [9.17, 15) is 14.4 Å². The maximum Gasteiger partial charge on any atom is 0.325 e. The van der Waals surface area contributed by atoms with Gasteiger partial charge in [0.15, 0.2) is 6.61 Å². The number of carbonyl (C=O) groups excluding carboxylic acids is 3. The number of benzene rings is 3. The first kappa shape index (κ1) is 22.1. The molecule has 1 aliphatic heterocycles. The number of ether oxygens (including phenoxy) is 1. The van der Waals surface area contributed by atoms with Gasteiger partial charge < -0.3 is 15.4 Å². The minimum Gasteiger partial charge on any atom is -0.454 e. The van der Waals surface area contributed by atoms with Gasteiger partial charge in [-0.3, -0.25) is 14.5 Å². The number of urea groups is 1. The summed E-state index contributed by atoms with van der Waals surface area (Å²) in [6, 6.07) is 24.4. The van der Waals surface area contributed by atoms with Gasteiger partial charge in [0.2, 0.25) is 0 Å². The number of amides is 3. The zero-order chi connectivity index (χ0) is 23.0. The van der Waals surface area contributed by atoms with Crippen molar-refractivity contribution in [3.05, 3.63) is 95.6 Å². The Hall–Kier alpha value is -4.13. The van der Waals surface area contributed by atoms with Crippen molar-refractivity contribution in [3.8, 4) is 0 Å². The van der Waals surface area contributed by atoms with E-state index in [4.69, 9.17) is 4.74 Å². The summed E-state index contributed by atoms with van der Waals surface area (Å²) in [4.78, 5) is 38.8. The number of hydrogen-bond donors (Lipinski definition) is 2. The van der Waals surface area contributed by atoms with Gasteiger partial charge in [0, 0.05) is 6.54 Å². The summed E-state index contributed by atoms with van der Waals surface area (Å²) in [7, 11) is 0. The Morgan fingerprint density at radius 1 is 0.758 bits per heavy atom. The lowest BCUT2D eigenvalue weighted by molar-refractivity contribution is -0.146. The largest absolute Gasteiger partial charge is 0.454 e. The molecule has 1 heterocycles. The molecule has 2 N–H and O–H groups in total. The van der Waals surface area contributed by atoms with Crippen LogP contribution in [0.25, 0.3) is 0 Å². The predicted octanol–water partition coefficient (Wildman–Crippen LogP) is 3.49. The summed E-state index contributed by atoms with van der Waals surface area (Å²) in [5.41, 5.74) is 4.65. The topological polar surface area (TPSA) is 87.7 Å². The number of nitrogens with one attached hydrogen (secondary N) is 2. The highest BCUT2D eigenvalue weighted by atomic mass is 16.5. The Morgan fingerprint density at radius 3 is 1.97 bits per heavy atom. The van der Waals surface area contributed by atoms with Crippen molar-refractivity contribution in [2.75, 3.05) is 18.1 Å². The van der Waals surface area contributed by atoms with E-state index in [1.165, 1.54) is 0 Å². The lowest BCUT2D eigenvalue weighted by Gasteiger charge is -2.24. The van der Waals surface area contributed by atoms with Gasteiger partial charge in [0.25, 0.3) is 5.91 Å². The fraction of sp³-hybridized carbons (Fsp3) is 0.192. The lowest BCUT2D eigenvalue weighted by atomic mass is 10.0. The molecule has 3 aromatic rings. The van der Waals surface area contributed by atoms with Gasteiger partial charge in [-0.05, 0) is 41.7 Å². The zero-order valence-electron chi connectivity index (χ0n) is 18.1. The van der Waals surface area contributed by atoms with Crippen LogP contribution in [0.3, 0.4) is 0 Å². The monoisotopic (exact) mass is 443 g/mol. The fourth-order valence-electron chi connectivity index (χ4n) is 3.80. The molecule has 0 saturated carbocycles. The number of carbonyl (C=O) groups is 3. The van der Waals surface area contributed by atoms with Crippen molar-refractivity contribution in [1.29, 1.82) is 0 Å². The molecule has 0 spiro atoms. The van der Waals surface area contributed by atoms with Gasteiger partial charge in [-0.2, -0.15) is 0 Å². The minimum atomic E-state index is -0.686. The average Bonchev–Trinajstić information content (AvgIpc) is 3.02. The van der Waals surface area contributed by atoms with E-state index >= 15 is 0 Å². The first-order valence-electron chi connectivity index (χ1n) is 10.8. The molecule has 7 nitrogen and oxygen atoms in total. The lowest BCUT2D eigenvalue weighted by Crippen LogP contribution is -2.39. The van der Waals surface area contributed by atoms with E-state index in [0.29, 0.717) is 6.54 Å². The second-order valence-electron chi connectivity index (χ2n) is 7.67. The number of anilines is 2. The third-order valence-corrected chi connectivity index (χ3v) is 5.42. The number of esters is 1. The van der Waals surface area contributed by atoms with Crippen molar-refractivity contribution in [1.82, 2.24) is 10.6 Å². The van der Waals surface area contributed by atoms with Crippen LogP contribution in [0.4, 0.5) is 16.2 Å². The summed E-state index contributed by atoms with van der Waals surface area (Å²) in [6.07, 6.45) is 1.64. The first-order valence-corrected chi connectivity index (χ1v) is 10.8. The van der Waals surface area contributed by atoms with E-state index in [2.05, 4.69) is 10.6 Å². The Bertz CT molecular complexity index is 1100. The van der Waals surface area contributed by atoms with E-state index in [1.807, 2.05) is 78.9 Å². The second-order valence-corrected chi connectivity index (χ2v) is 7.67. The van der Waals surface area contributed by atoms with Crippen LogP contribution in [0.5, 0.6) is 0 Å². The molecule has 0 bridgehead atoms. The quantitative estimate of drug-likeness (QED) is 0.571. The van der Waals surface area contributed by atoms with Gasteiger partial charge >= 0.3 is 12.0 Å². The van der Waals surface area contributed by atoms with Crippen molar-refractivity contribution in [2.45, 2.75) is 19.4 Å². The molecule has 0 unspecified atom stereocenters. The van der Waals surface area contributed by atoms with Crippen molar-refractivity contribution < 1.29 is 19.1 Å². The molecule has 0 radical (unpaired) electrons. The number of nitrogens with zero attached hydrogens (tertiary/aromatic N) is 1. The van der Waals surface area contributed by atoms with E-state index in [1.54, 1.807) is 4.90 Å². The smallest absolute Gasteiger partial charge is 0.325 e. The highest BCUT2D eigenvalue weighted by Crippen LogP contribution is 2.35. The fourth-order valence-corrected chi connectivity index (χ4v) is 3.80. The van der Waals surface area contributed by atoms with Gasteiger partial charge in [0.05, 0.1) is 11.4 Å². The van der Waals surface area contributed by atoms with Crippen molar-refractivity contribution in [2.24, 2.45) is 0 Å². The molecule has 3 amide bonds. The van der Waals surface area contributed by atoms with E-state index in [0.717, 1.165) is 40.9 Å². The molecule has 0 aromatic heterocycles. The summed E-state index contributed by atoms with van der Waals surface area (Å²) < 4.78 is 5.17. The minimum absolute atomic E-state index is 0.332. The Balaban J connectivity index is 1.33. The summed E-state index contributed by atoms with van der Waals surface area (Å²) in [5, 5.41) is 5.11. The zero-order valence-corrected chi connectivity index (χ0v) is 18.1. The summed E-state index contributed by atoms with van der Waals surface area (Å²) in [5.74, 6) is -1.03. The number of aryl methyl sites for hydroxylation is 2. The Kier molecular flexibility index (Phi) is 6.99. The molecule has 0 atom stereocenters. The molecular formula is C26H25N3O4. The molecule has 168 valence electrons. The van der Waals surface area contributed by atoms with Crippen LogP contribution in [0.15, 0.2) is 78.9 Å². The standard InChI is InChI=1S/C26H25N3O4/c30-24(18-33-25(31)17-28-26(32)27-16-19-8-2-1-3-9-19)29-22-12-6-4-10-20(22)14-15-21-11-5-7-13-23(21)29/h1-13H,14-18H2,(H2,27,28,32). The van der Waals surface area contributed by atoms with Gasteiger partial charge in [-0.15, -0.1) is 0 Å². The van der Waals surface area contributed by atoms with Crippen LogP contribution in [0.1, 0.15) is 16.7 Å². The van der Waals surface area contributed by atoms with Crippen LogP contribution in [-0.2, 0) is 33.7 Å². The molecule has 0 fully saturated rings. The maximum absolute atomic E-state index is 13.1. The van der Waals surface area contributed by atoms with Gasteiger partial charge in [-0.1, -0.05) is 66.7 Å². The third kappa shape index (κ3) is 5.57. The third-order valence-electron chi connectivity index (χ3n) is 5.42. The highest BCUT2D eigenvalue weighted by Gasteiger charge is 2.26. The van der Waals surface area contributed by atoms with Crippen LogP contribution >= 0.6 is 0 Å². The number of rotatable bonds is 6. The average molecular weight is 444 g/mol. The first-order chi connectivity index (χ1) is 16.1. The molecule has 7 heteroatoms. The molecule has 0 saturated heterocycles. The number of fused-ring (bicyclic) bond motifs is 2. The van der Waals surface area contributed by atoms with Crippen LogP contribution in [0, 0.1) is 0 Å². The van der Waals surface area contributed by atoms with Crippen LogP contribution in [0.2, 0.25) is 0 Å². The van der Waals surface area contributed by atoms with Gasteiger partial charge in [0.1, 0.15) is 6.54 Å². The van der Waals surface area contributed by atoms with Gasteiger partial charge in [-0.25, -0.2) is 4.79 Å². The predicted molar refractivity (Wildman–Crippen MR) is 125 cm³/mol. The van der Waals surface area contributed by atoms with Crippen LogP contribution < -0.4 is 15.5 Å². The molecule has 0 aliphatic carbocycles. The molecule has 1 aliphatic rings. The summed E-state index contributed by atoms with van der Waals surface area (Å²) >= 11 is 0. The van der Waals surface area contributed by atoms with E-state index < -0.39 is 18.6 Å². The SMILES string of the molecule is O=C(NCC(=O)OCC(=O)N1c2ccccc2CCc2ccccc21)NCc1ccccc1. The van der Waals surface area contributed by atoms with Crippen molar-refractivity contribution in [3.63, 3.8) is 0 Å². The number of hydrogen-bond acceptors (Lipinski definition) is 4. The molecule has 4 rings (SSSR count). The molecule has 33 heavy (non-hydrogen) atoms. The highest BCUT2D eigenvalue weighted by molar-refractivity contribution is 6.03. The molecular weight excluding hydrogens is 418 g/mol. The van der Waals surface area contributed by atoms with Crippen LogP contribution in [-0.4, -0.2) is 31.1 Å². The van der Waals surface area contributed by atoms with E-state index in [-0.39, 0.29) is 12.5 Å². The maximum atomic E-state index is 13.1. The number of para-hydroxylation sites is 2.